The predicted molar refractivity (Wildman–Crippen MR) is 171 cm³/mol. The molecule has 2 aromatic heterocycles. The first-order chi connectivity index (χ1) is 21.1. The molecule has 0 atom stereocenters. The predicted octanol–water partition coefficient (Wildman–Crippen LogP) is 4.04. The van der Waals surface area contributed by atoms with E-state index in [4.69, 9.17) is 23.1 Å². The van der Waals surface area contributed by atoms with Gasteiger partial charge in [0, 0.05) is 69.8 Å². The van der Waals surface area contributed by atoms with E-state index in [1.807, 2.05) is 22.8 Å². The summed E-state index contributed by atoms with van der Waals surface area (Å²) in [5.41, 5.74) is 14.3. The summed E-state index contributed by atoms with van der Waals surface area (Å²) in [5, 5.41) is 6.67. The maximum absolute atomic E-state index is 13.7. The highest BCUT2D eigenvalue weighted by atomic mass is 35.5. The van der Waals surface area contributed by atoms with E-state index in [1.54, 1.807) is 19.1 Å². The van der Waals surface area contributed by atoms with Gasteiger partial charge in [0.25, 0.3) is 0 Å². The molecule has 0 saturated carbocycles. The number of rotatable bonds is 11. The number of nitrogens with zero attached hydrogens (tertiary/aromatic N) is 6. The third-order valence-corrected chi connectivity index (χ3v) is 7.81. The standard InChI is InChI=1S/C19H24FN5O.C11H16ClN5O/c1-12-13(2)15(20)7-6-14(12)16-11-17(24-19(21)23-16)22-8-4-10-25-9-3-5-18(25)26;12-8-7-9(16-11(13)15-8)14-4-2-6-17-5-1-3-10(17)18/h6-7,11H,3-5,8-10H2,1-2H3,(H3,21,22,23,24);7H,1-6H2,(H3,13,14,15,16). The Hall–Kier alpha value is -4.26. The Balaban J connectivity index is 0.000000215. The Morgan fingerprint density at radius 1 is 0.818 bits per heavy atom. The summed E-state index contributed by atoms with van der Waals surface area (Å²) in [5.74, 6) is 1.82. The number of aromatic nitrogens is 4. The molecule has 2 saturated heterocycles. The average Bonchev–Trinajstić information content (AvgIpc) is 3.58. The van der Waals surface area contributed by atoms with Crippen molar-refractivity contribution in [3.05, 3.63) is 46.4 Å². The molecule has 3 aromatic rings. The van der Waals surface area contributed by atoms with E-state index in [0.29, 0.717) is 47.4 Å². The van der Waals surface area contributed by atoms with Crippen LogP contribution in [-0.4, -0.2) is 80.8 Å². The number of halogens is 2. The number of likely N-dealkylation sites (tertiary alicyclic amines) is 2. The van der Waals surface area contributed by atoms with Gasteiger partial charge in [-0.3, -0.25) is 9.59 Å². The van der Waals surface area contributed by atoms with Crippen molar-refractivity contribution in [1.82, 2.24) is 29.7 Å². The van der Waals surface area contributed by atoms with Crippen LogP contribution in [0.25, 0.3) is 11.3 Å². The number of hydrogen-bond donors (Lipinski definition) is 4. The molecular weight excluding hydrogens is 587 g/mol. The SMILES string of the molecule is Cc1c(F)ccc(-c2cc(NCCCN3CCCC3=O)nc(N)n2)c1C.Nc1nc(Cl)cc(NCCCN2CCCC2=O)n1. The van der Waals surface area contributed by atoms with Crippen LogP contribution in [0.2, 0.25) is 5.15 Å². The molecule has 12 nitrogen and oxygen atoms in total. The van der Waals surface area contributed by atoms with Crippen LogP contribution in [0.4, 0.5) is 27.9 Å². The number of nitrogens with one attached hydrogen (secondary N) is 2. The molecular formula is C30H40ClFN10O2. The number of amides is 2. The fraction of sp³-hybridized carbons (Fsp3) is 0.467. The summed E-state index contributed by atoms with van der Waals surface area (Å²) < 4.78 is 13.7. The molecule has 6 N–H and O–H groups in total. The van der Waals surface area contributed by atoms with Crippen molar-refractivity contribution in [1.29, 1.82) is 0 Å². The van der Waals surface area contributed by atoms with Crippen LogP contribution in [0.3, 0.4) is 0 Å². The lowest BCUT2D eigenvalue weighted by atomic mass is 10.0. The Kier molecular flexibility index (Phi) is 11.5. The van der Waals surface area contributed by atoms with E-state index in [1.165, 1.54) is 6.07 Å². The summed E-state index contributed by atoms with van der Waals surface area (Å²) >= 11 is 5.76. The van der Waals surface area contributed by atoms with Crippen molar-refractivity contribution < 1.29 is 14.0 Å². The third-order valence-electron chi connectivity index (χ3n) is 7.62. The molecule has 1 aromatic carbocycles. The summed E-state index contributed by atoms with van der Waals surface area (Å²) in [7, 11) is 0. The van der Waals surface area contributed by atoms with Gasteiger partial charge in [-0.05, 0) is 62.8 Å². The Morgan fingerprint density at radius 2 is 1.36 bits per heavy atom. The molecule has 0 aliphatic carbocycles. The average molecular weight is 627 g/mol. The first-order valence-electron chi connectivity index (χ1n) is 14.8. The minimum absolute atomic E-state index is 0.153. The summed E-state index contributed by atoms with van der Waals surface area (Å²) in [6.45, 7) is 8.27. The van der Waals surface area contributed by atoms with Crippen LogP contribution < -0.4 is 22.1 Å². The fourth-order valence-electron chi connectivity index (χ4n) is 5.14. The smallest absolute Gasteiger partial charge is 0.223 e. The number of nitrogens with two attached hydrogens (primary N) is 2. The minimum atomic E-state index is -0.233. The molecule has 5 rings (SSSR count). The molecule has 2 aliphatic heterocycles. The summed E-state index contributed by atoms with van der Waals surface area (Å²) in [4.78, 5) is 43.1. The molecule has 2 amide bonds. The van der Waals surface area contributed by atoms with Crippen molar-refractivity contribution >= 4 is 46.9 Å². The highest BCUT2D eigenvalue weighted by Gasteiger charge is 2.20. The zero-order valence-electron chi connectivity index (χ0n) is 25.2. The normalized spacial score (nSPS) is 14.5. The van der Waals surface area contributed by atoms with Crippen molar-refractivity contribution in [2.24, 2.45) is 0 Å². The van der Waals surface area contributed by atoms with Gasteiger partial charge in [0.1, 0.15) is 22.6 Å². The van der Waals surface area contributed by atoms with E-state index in [9.17, 15) is 14.0 Å². The zero-order chi connectivity index (χ0) is 31.6. The van der Waals surface area contributed by atoms with Gasteiger partial charge in [0.2, 0.25) is 23.7 Å². The van der Waals surface area contributed by atoms with Crippen molar-refractivity contribution in [2.75, 3.05) is 61.4 Å². The van der Waals surface area contributed by atoms with Crippen molar-refractivity contribution in [3.63, 3.8) is 0 Å². The van der Waals surface area contributed by atoms with Gasteiger partial charge in [-0.1, -0.05) is 11.6 Å². The van der Waals surface area contributed by atoms with E-state index >= 15 is 0 Å². The second kappa shape index (κ2) is 15.5. The lowest BCUT2D eigenvalue weighted by Gasteiger charge is -2.16. The summed E-state index contributed by atoms with van der Waals surface area (Å²) in [6.07, 6.45) is 4.98. The van der Waals surface area contributed by atoms with Gasteiger partial charge >= 0.3 is 0 Å². The van der Waals surface area contributed by atoms with E-state index in [2.05, 4.69) is 30.6 Å². The zero-order valence-corrected chi connectivity index (χ0v) is 26.0. The van der Waals surface area contributed by atoms with Crippen molar-refractivity contribution in [2.45, 2.75) is 52.4 Å². The largest absolute Gasteiger partial charge is 0.370 e. The third kappa shape index (κ3) is 9.12. The second-order valence-corrected chi connectivity index (χ2v) is 11.2. The maximum Gasteiger partial charge on any atom is 0.223 e. The Bertz CT molecular complexity index is 1450. The number of carbonyl (C=O) groups is 2. The monoisotopic (exact) mass is 626 g/mol. The van der Waals surface area contributed by atoms with Crippen LogP contribution in [0.15, 0.2) is 24.3 Å². The number of anilines is 4. The van der Waals surface area contributed by atoms with Crippen LogP contribution in [0.5, 0.6) is 0 Å². The molecule has 0 bridgehead atoms. The lowest BCUT2D eigenvalue weighted by molar-refractivity contribution is -0.128. The first kappa shape index (κ1) is 32.6. The van der Waals surface area contributed by atoms with Gasteiger partial charge in [0.15, 0.2) is 0 Å². The molecule has 44 heavy (non-hydrogen) atoms. The minimum Gasteiger partial charge on any atom is -0.370 e. The van der Waals surface area contributed by atoms with Gasteiger partial charge < -0.3 is 31.9 Å². The molecule has 2 fully saturated rings. The number of nitrogen functional groups attached to an aromatic ring is 2. The number of hydrogen-bond acceptors (Lipinski definition) is 10. The molecule has 4 heterocycles. The fourth-order valence-corrected chi connectivity index (χ4v) is 5.33. The maximum atomic E-state index is 13.7. The van der Waals surface area contributed by atoms with Crippen LogP contribution in [0.1, 0.15) is 49.7 Å². The van der Waals surface area contributed by atoms with Gasteiger partial charge in [0.05, 0.1) is 5.69 Å². The molecule has 2 aliphatic rings. The molecule has 236 valence electrons. The van der Waals surface area contributed by atoms with E-state index < -0.39 is 0 Å². The number of carbonyl (C=O) groups excluding carboxylic acids is 2. The highest BCUT2D eigenvalue weighted by molar-refractivity contribution is 6.29. The van der Waals surface area contributed by atoms with Crippen molar-refractivity contribution in [3.8, 4) is 11.3 Å². The Labute approximate surface area is 261 Å². The van der Waals surface area contributed by atoms with Crippen LogP contribution >= 0.6 is 11.6 Å². The van der Waals surface area contributed by atoms with E-state index in [0.717, 1.165) is 69.5 Å². The van der Waals surface area contributed by atoms with Gasteiger partial charge in [-0.15, -0.1) is 0 Å². The topological polar surface area (TPSA) is 168 Å². The second-order valence-electron chi connectivity index (χ2n) is 10.8. The summed E-state index contributed by atoms with van der Waals surface area (Å²) in [6, 6.07) is 6.59. The molecule has 14 heteroatoms. The molecule has 0 spiro atoms. The quantitative estimate of drug-likeness (QED) is 0.180. The van der Waals surface area contributed by atoms with Crippen LogP contribution in [0, 0.1) is 19.7 Å². The molecule has 0 unspecified atom stereocenters. The number of benzene rings is 1. The highest BCUT2D eigenvalue weighted by Crippen LogP contribution is 2.27. The molecule has 0 radical (unpaired) electrons. The van der Waals surface area contributed by atoms with E-state index in [-0.39, 0.29) is 29.5 Å². The Morgan fingerprint density at radius 3 is 1.89 bits per heavy atom. The first-order valence-corrected chi connectivity index (χ1v) is 15.2. The van der Waals surface area contributed by atoms with Crippen LogP contribution in [-0.2, 0) is 9.59 Å². The van der Waals surface area contributed by atoms with Gasteiger partial charge in [-0.2, -0.15) is 9.97 Å². The lowest BCUT2D eigenvalue weighted by Crippen LogP contribution is -2.27. The van der Waals surface area contributed by atoms with Gasteiger partial charge in [-0.25, -0.2) is 14.4 Å².